The summed E-state index contributed by atoms with van der Waals surface area (Å²) in [5.74, 6) is 0.516. The van der Waals surface area contributed by atoms with Crippen LogP contribution in [0.25, 0.3) is 0 Å². The molecule has 0 aliphatic rings. The Hall–Kier alpha value is -2.68. The minimum atomic E-state index is -0.214. The summed E-state index contributed by atoms with van der Waals surface area (Å²) < 4.78 is 0. The molecule has 1 aromatic heterocycles. The van der Waals surface area contributed by atoms with Gasteiger partial charge in [0.25, 0.3) is 0 Å². The standard InChI is InChI=1S/C13H13N5O/c1-9(13-15-8-16-18-13)17-12(19)6-10-2-4-11(7-14)5-3-10/h2-5,8-9H,6H2,1H3,(H,17,19)(H,15,16,18). The summed E-state index contributed by atoms with van der Waals surface area (Å²) in [6.07, 6.45) is 1.67. The van der Waals surface area contributed by atoms with Gasteiger partial charge in [0.1, 0.15) is 12.2 Å². The smallest absolute Gasteiger partial charge is 0.224 e. The zero-order chi connectivity index (χ0) is 13.7. The number of benzene rings is 1. The second-order valence-electron chi connectivity index (χ2n) is 4.15. The third-order valence-electron chi connectivity index (χ3n) is 2.67. The van der Waals surface area contributed by atoms with Crippen molar-refractivity contribution in [2.24, 2.45) is 0 Å². The summed E-state index contributed by atoms with van der Waals surface area (Å²) >= 11 is 0. The van der Waals surface area contributed by atoms with Gasteiger partial charge in [-0.25, -0.2) is 4.98 Å². The number of hydrogen-bond acceptors (Lipinski definition) is 4. The normalized spacial score (nSPS) is 11.6. The Morgan fingerprint density at radius 2 is 2.21 bits per heavy atom. The summed E-state index contributed by atoms with van der Waals surface area (Å²) in [6, 6.07) is 8.77. The summed E-state index contributed by atoms with van der Waals surface area (Å²) in [5.41, 5.74) is 1.44. The van der Waals surface area contributed by atoms with Crippen LogP contribution in [-0.2, 0) is 11.2 Å². The van der Waals surface area contributed by atoms with Gasteiger partial charge in [0.05, 0.1) is 24.1 Å². The molecule has 0 saturated carbocycles. The maximum absolute atomic E-state index is 11.8. The number of hydrogen-bond donors (Lipinski definition) is 2. The van der Waals surface area contributed by atoms with Crippen LogP contribution >= 0.6 is 0 Å². The van der Waals surface area contributed by atoms with E-state index in [2.05, 4.69) is 20.5 Å². The number of nitriles is 1. The molecule has 1 unspecified atom stereocenters. The zero-order valence-corrected chi connectivity index (χ0v) is 10.4. The molecule has 1 heterocycles. The third-order valence-corrected chi connectivity index (χ3v) is 2.67. The van der Waals surface area contributed by atoms with Crippen molar-refractivity contribution in [1.82, 2.24) is 20.5 Å². The van der Waals surface area contributed by atoms with Crippen molar-refractivity contribution in [3.63, 3.8) is 0 Å². The van der Waals surface area contributed by atoms with Gasteiger partial charge in [0.15, 0.2) is 0 Å². The average molecular weight is 255 g/mol. The fourth-order valence-corrected chi connectivity index (χ4v) is 1.67. The number of carbonyl (C=O) groups is 1. The number of amides is 1. The lowest BCUT2D eigenvalue weighted by atomic mass is 10.1. The highest BCUT2D eigenvalue weighted by Crippen LogP contribution is 2.07. The minimum Gasteiger partial charge on any atom is -0.346 e. The van der Waals surface area contributed by atoms with Crippen LogP contribution in [0.3, 0.4) is 0 Å². The van der Waals surface area contributed by atoms with Crippen molar-refractivity contribution in [3.05, 3.63) is 47.5 Å². The summed E-state index contributed by atoms with van der Waals surface area (Å²) in [6.45, 7) is 1.83. The fourth-order valence-electron chi connectivity index (χ4n) is 1.67. The van der Waals surface area contributed by atoms with Crippen LogP contribution in [0.2, 0.25) is 0 Å². The van der Waals surface area contributed by atoms with E-state index in [-0.39, 0.29) is 18.4 Å². The Morgan fingerprint density at radius 3 is 2.79 bits per heavy atom. The fraction of sp³-hybridized carbons (Fsp3) is 0.231. The Balaban J connectivity index is 1.92. The Kier molecular flexibility index (Phi) is 3.88. The molecule has 1 amide bonds. The molecular formula is C13H13N5O. The molecule has 96 valence electrons. The largest absolute Gasteiger partial charge is 0.346 e. The first-order valence-corrected chi connectivity index (χ1v) is 5.82. The van der Waals surface area contributed by atoms with Crippen molar-refractivity contribution >= 4 is 5.91 Å². The van der Waals surface area contributed by atoms with Crippen molar-refractivity contribution < 1.29 is 4.79 Å². The SMILES string of the molecule is CC(NC(=O)Cc1ccc(C#N)cc1)c1ncn[nH]1. The van der Waals surface area contributed by atoms with Crippen molar-refractivity contribution in [3.8, 4) is 6.07 Å². The Bertz CT molecular complexity index is 582. The summed E-state index contributed by atoms with van der Waals surface area (Å²) in [5, 5.41) is 18.0. The molecule has 1 atom stereocenters. The second-order valence-corrected chi connectivity index (χ2v) is 4.15. The van der Waals surface area contributed by atoms with E-state index in [1.54, 1.807) is 24.3 Å². The number of rotatable bonds is 4. The van der Waals surface area contributed by atoms with Crippen LogP contribution < -0.4 is 5.32 Å². The first-order chi connectivity index (χ1) is 9.19. The number of aromatic amines is 1. The maximum Gasteiger partial charge on any atom is 0.224 e. The van der Waals surface area contributed by atoms with Crippen molar-refractivity contribution in [1.29, 1.82) is 5.26 Å². The van der Waals surface area contributed by atoms with Crippen LogP contribution in [0.4, 0.5) is 0 Å². The van der Waals surface area contributed by atoms with Gasteiger partial charge in [-0.2, -0.15) is 10.4 Å². The van der Waals surface area contributed by atoms with Crippen LogP contribution in [0.1, 0.15) is 29.9 Å². The van der Waals surface area contributed by atoms with Crippen molar-refractivity contribution in [2.75, 3.05) is 0 Å². The van der Waals surface area contributed by atoms with Crippen LogP contribution in [0.15, 0.2) is 30.6 Å². The van der Waals surface area contributed by atoms with Gasteiger partial charge < -0.3 is 5.32 Å². The third kappa shape index (κ3) is 3.39. The van der Waals surface area contributed by atoms with Crippen LogP contribution in [-0.4, -0.2) is 21.1 Å². The monoisotopic (exact) mass is 255 g/mol. The van der Waals surface area contributed by atoms with E-state index in [9.17, 15) is 4.79 Å². The van der Waals surface area contributed by atoms with E-state index in [1.807, 2.05) is 13.0 Å². The second kappa shape index (κ2) is 5.78. The number of nitrogens with zero attached hydrogens (tertiary/aromatic N) is 3. The van der Waals surface area contributed by atoms with E-state index in [1.165, 1.54) is 6.33 Å². The Morgan fingerprint density at radius 1 is 1.47 bits per heavy atom. The van der Waals surface area contributed by atoms with Gasteiger partial charge in [0, 0.05) is 0 Å². The lowest BCUT2D eigenvalue weighted by Gasteiger charge is -2.10. The Labute approximate surface area is 110 Å². The van der Waals surface area contributed by atoms with E-state index in [0.29, 0.717) is 11.4 Å². The van der Waals surface area contributed by atoms with Gasteiger partial charge in [-0.3, -0.25) is 9.89 Å². The lowest BCUT2D eigenvalue weighted by Crippen LogP contribution is -2.28. The van der Waals surface area contributed by atoms with E-state index in [4.69, 9.17) is 5.26 Å². The molecule has 0 aliphatic carbocycles. The molecule has 0 aliphatic heterocycles. The van der Waals surface area contributed by atoms with E-state index < -0.39 is 0 Å². The molecule has 0 fully saturated rings. The number of carbonyl (C=O) groups excluding carboxylic acids is 1. The quantitative estimate of drug-likeness (QED) is 0.855. The summed E-state index contributed by atoms with van der Waals surface area (Å²) in [4.78, 5) is 15.8. The predicted octanol–water partition coefficient (Wildman–Crippen LogP) is 1.10. The molecule has 19 heavy (non-hydrogen) atoms. The van der Waals surface area contributed by atoms with Gasteiger partial charge in [-0.1, -0.05) is 12.1 Å². The van der Waals surface area contributed by atoms with Crippen LogP contribution in [0.5, 0.6) is 0 Å². The maximum atomic E-state index is 11.8. The highest BCUT2D eigenvalue weighted by atomic mass is 16.1. The van der Waals surface area contributed by atoms with Gasteiger partial charge in [0.2, 0.25) is 5.91 Å². The molecule has 6 nitrogen and oxygen atoms in total. The molecule has 6 heteroatoms. The van der Waals surface area contributed by atoms with E-state index in [0.717, 1.165) is 5.56 Å². The van der Waals surface area contributed by atoms with Crippen molar-refractivity contribution in [2.45, 2.75) is 19.4 Å². The van der Waals surface area contributed by atoms with Crippen LogP contribution in [0, 0.1) is 11.3 Å². The molecule has 1 aromatic carbocycles. The molecule has 0 bridgehead atoms. The molecular weight excluding hydrogens is 242 g/mol. The lowest BCUT2D eigenvalue weighted by molar-refractivity contribution is -0.121. The first-order valence-electron chi connectivity index (χ1n) is 5.82. The van der Waals surface area contributed by atoms with E-state index >= 15 is 0 Å². The molecule has 2 N–H and O–H groups in total. The highest BCUT2D eigenvalue weighted by Gasteiger charge is 2.12. The number of nitrogens with one attached hydrogen (secondary N) is 2. The first kappa shape index (κ1) is 12.8. The number of H-pyrrole nitrogens is 1. The minimum absolute atomic E-state index is 0.103. The molecule has 2 rings (SSSR count). The average Bonchev–Trinajstić information content (AvgIpc) is 2.93. The summed E-state index contributed by atoms with van der Waals surface area (Å²) in [7, 11) is 0. The topological polar surface area (TPSA) is 94.5 Å². The number of aromatic nitrogens is 3. The molecule has 2 aromatic rings. The molecule has 0 saturated heterocycles. The molecule has 0 radical (unpaired) electrons. The van der Waals surface area contributed by atoms with Gasteiger partial charge >= 0.3 is 0 Å². The van der Waals surface area contributed by atoms with Gasteiger partial charge in [-0.05, 0) is 24.6 Å². The highest BCUT2D eigenvalue weighted by molar-refractivity contribution is 5.78. The molecule has 0 spiro atoms. The zero-order valence-electron chi connectivity index (χ0n) is 10.4. The van der Waals surface area contributed by atoms with Gasteiger partial charge in [-0.15, -0.1) is 0 Å². The predicted molar refractivity (Wildman–Crippen MR) is 67.8 cm³/mol.